The fraction of sp³-hybridized carbons (Fsp3) is 0.600. The standard InChI is InChI=1S/C15H23N3O2S/c1-9(13-7-10-2-3-11(13)6-10)18-15-5-4-12(8-14(15)16)21(17,19)20/h4-5,8-11,13,18H,2-3,6-7,16H2,1H3,(H2,17,19,20). The van der Waals surface area contributed by atoms with Gasteiger partial charge in [-0.25, -0.2) is 13.6 Å². The molecule has 2 fully saturated rings. The van der Waals surface area contributed by atoms with Crippen molar-refractivity contribution in [2.45, 2.75) is 43.5 Å². The van der Waals surface area contributed by atoms with E-state index in [1.54, 1.807) is 6.07 Å². The third-order valence-corrected chi connectivity index (χ3v) is 6.08. The number of benzene rings is 1. The van der Waals surface area contributed by atoms with Gasteiger partial charge in [-0.05, 0) is 62.1 Å². The summed E-state index contributed by atoms with van der Waals surface area (Å²) in [5, 5.41) is 8.57. The van der Waals surface area contributed by atoms with E-state index < -0.39 is 10.0 Å². The number of primary sulfonamides is 1. The number of nitrogens with one attached hydrogen (secondary N) is 1. The van der Waals surface area contributed by atoms with Crippen LogP contribution in [0.5, 0.6) is 0 Å². The molecule has 0 aliphatic heterocycles. The van der Waals surface area contributed by atoms with Crippen molar-refractivity contribution < 1.29 is 8.42 Å². The first kappa shape index (κ1) is 14.7. The average molecular weight is 309 g/mol. The lowest BCUT2D eigenvalue weighted by Crippen LogP contribution is -2.30. The summed E-state index contributed by atoms with van der Waals surface area (Å²) in [6.07, 6.45) is 5.41. The molecule has 5 N–H and O–H groups in total. The van der Waals surface area contributed by atoms with Crippen molar-refractivity contribution in [3.8, 4) is 0 Å². The third-order valence-electron chi connectivity index (χ3n) is 5.17. The number of hydrogen-bond acceptors (Lipinski definition) is 4. The van der Waals surface area contributed by atoms with Crippen LogP contribution in [-0.2, 0) is 10.0 Å². The van der Waals surface area contributed by atoms with Gasteiger partial charge in [0.25, 0.3) is 0 Å². The van der Waals surface area contributed by atoms with Gasteiger partial charge in [-0.3, -0.25) is 0 Å². The van der Waals surface area contributed by atoms with Gasteiger partial charge in [-0.1, -0.05) is 6.42 Å². The lowest BCUT2D eigenvalue weighted by atomic mass is 9.84. The van der Waals surface area contributed by atoms with Crippen LogP contribution in [0, 0.1) is 17.8 Å². The van der Waals surface area contributed by atoms with E-state index in [4.69, 9.17) is 10.9 Å². The molecule has 4 unspecified atom stereocenters. The Kier molecular flexibility index (Phi) is 3.61. The molecule has 2 bridgehead atoms. The molecular weight excluding hydrogens is 286 g/mol. The molecule has 0 heterocycles. The van der Waals surface area contributed by atoms with Gasteiger partial charge in [0.05, 0.1) is 16.3 Å². The first-order valence-corrected chi connectivity index (χ1v) is 9.08. The molecule has 0 radical (unpaired) electrons. The topological polar surface area (TPSA) is 98.2 Å². The summed E-state index contributed by atoms with van der Waals surface area (Å²) in [6, 6.07) is 4.98. The molecule has 0 spiro atoms. The van der Waals surface area contributed by atoms with Crippen LogP contribution in [0.15, 0.2) is 23.1 Å². The Morgan fingerprint density at radius 1 is 1.29 bits per heavy atom. The maximum absolute atomic E-state index is 11.3. The van der Waals surface area contributed by atoms with Gasteiger partial charge in [0, 0.05) is 6.04 Å². The van der Waals surface area contributed by atoms with Crippen molar-refractivity contribution in [1.82, 2.24) is 0 Å². The van der Waals surface area contributed by atoms with Crippen LogP contribution in [0.2, 0.25) is 0 Å². The zero-order valence-corrected chi connectivity index (χ0v) is 13.1. The second kappa shape index (κ2) is 5.18. The zero-order chi connectivity index (χ0) is 15.2. The van der Waals surface area contributed by atoms with E-state index in [0.717, 1.165) is 17.5 Å². The fourth-order valence-electron chi connectivity index (χ4n) is 4.11. The summed E-state index contributed by atoms with van der Waals surface area (Å²) in [6.45, 7) is 2.19. The van der Waals surface area contributed by atoms with Crippen LogP contribution >= 0.6 is 0 Å². The van der Waals surface area contributed by atoms with Crippen molar-refractivity contribution in [3.63, 3.8) is 0 Å². The van der Waals surface area contributed by atoms with Crippen LogP contribution in [0.3, 0.4) is 0 Å². The number of rotatable bonds is 4. The maximum Gasteiger partial charge on any atom is 0.238 e. The fourth-order valence-corrected chi connectivity index (χ4v) is 4.66. The Morgan fingerprint density at radius 2 is 2.05 bits per heavy atom. The van der Waals surface area contributed by atoms with E-state index in [2.05, 4.69) is 12.2 Å². The highest BCUT2D eigenvalue weighted by Gasteiger charge is 2.41. The highest BCUT2D eigenvalue weighted by Crippen LogP contribution is 2.50. The average Bonchev–Trinajstić information content (AvgIpc) is 3.02. The molecule has 3 rings (SSSR count). The Bertz CT molecular complexity index is 644. The minimum atomic E-state index is -3.70. The van der Waals surface area contributed by atoms with E-state index in [9.17, 15) is 8.42 Å². The molecule has 6 heteroatoms. The summed E-state index contributed by atoms with van der Waals surface area (Å²) < 4.78 is 22.6. The largest absolute Gasteiger partial charge is 0.397 e. The third kappa shape index (κ3) is 2.87. The van der Waals surface area contributed by atoms with Crippen molar-refractivity contribution >= 4 is 21.4 Å². The molecular formula is C15H23N3O2S. The van der Waals surface area contributed by atoms with Gasteiger partial charge < -0.3 is 11.1 Å². The number of hydrogen-bond donors (Lipinski definition) is 3. The lowest BCUT2D eigenvalue weighted by Gasteiger charge is -2.29. The van der Waals surface area contributed by atoms with Crippen molar-refractivity contribution in [3.05, 3.63) is 18.2 Å². The van der Waals surface area contributed by atoms with Crippen molar-refractivity contribution in [2.75, 3.05) is 11.1 Å². The molecule has 2 aliphatic carbocycles. The number of anilines is 2. The predicted molar refractivity (Wildman–Crippen MR) is 84.3 cm³/mol. The Morgan fingerprint density at radius 3 is 2.57 bits per heavy atom. The Balaban J connectivity index is 1.73. The number of sulfonamides is 1. The van der Waals surface area contributed by atoms with Gasteiger partial charge in [-0.15, -0.1) is 0 Å². The van der Waals surface area contributed by atoms with E-state index >= 15 is 0 Å². The van der Waals surface area contributed by atoms with E-state index in [-0.39, 0.29) is 4.90 Å². The van der Waals surface area contributed by atoms with E-state index in [1.807, 2.05) is 0 Å². The predicted octanol–water partition coefficient (Wildman–Crippen LogP) is 2.15. The van der Waals surface area contributed by atoms with Crippen LogP contribution in [0.25, 0.3) is 0 Å². The molecule has 5 nitrogen and oxygen atoms in total. The minimum Gasteiger partial charge on any atom is -0.397 e. The van der Waals surface area contributed by atoms with Crippen molar-refractivity contribution in [2.24, 2.45) is 22.9 Å². The van der Waals surface area contributed by atoms with Crippen molar-refractivity contribution in [1.29, 1.82) is 0 Å². The molecule has 1 aromatic rings. The second-order valence-corrected chi connectivity index (χ2v) is 8.13. The monoisotopic (exact) mass is 309 g/mol. The maximum atomic E-state index is 11.3. The van der Waals surface area contributed by atoms with E-state index in [0.29, 0.717) is 17.6 Å². The summed E-state index contributed by atoms with van der Waals surface area (Å²) in [7, 11) is -3.70. The summed E-state index contributed by atoms with van der Waals surface area (Å²) in [5.41, 5.74) is 7.18. The molecule has 0 aromatic heterocycles. The molecule has 0 saturated heterocycles. The first-order chi connectivity index (χ1) is 9.84. The summed E-state index contributed by atoms with van der Waals surface area (Å²) in [4.78, 5) is 0.0538. The molecule has 2 saturated carbocycles. The van der Waals surface area contributed by atoms with Crippen LogP contribution in [0.4, 0.5) is 11.4 Å². The normalized spacial score (nSPS) is 29.5. The van der Waals surface area contributed by atoms with Crippen LogP contribution in [-0.4, -0.2) is 14.5 Å². The zero-order valence-electron chi connectivity index (χ0n) is 12.2. The summed E-state index contributed by atoms with van der Waals surface area (Å²) >= 11 is 0. The van der Waals surface area contributed by atoms with Gasteiger partial charge in [-0.2, -0.15) is 0 Å². The highest BCUT2D eigenvalue weighted by molar-refractivity contribution is 7.89. The smallest absolute Gasteiger partial charge is 0.238 e. The number of fused-ring (bicyclic) bond motifs is 2. The van der Waals surface area contributed by atoms with Gasteiger partial charge in [0.1, 0.15) is 0 Å². The summed E-state index contributed by atoms with van der Waals surface area (Å²) in [5.74, 6) is 2.44. The van der Waals surface area contributed by atoms with Gasteiger partial charge >= 0.3 is 0 Å². The molecule has 116 valence electrons. The minimum absolute atomic E-state index is 0.0538. The SMILES string of the molecule is CC(Nc1ccc(S(N)(=O)=O)cc1N)C1CC2CCC1C2. The molecule has 21 heavy (non-hydrogen) atoms. The quantitative estimate of drug-likeness (QED) is 0.742. The number of nitrogens with two attached hydrogens (primary N) is 2. The Hall–Kier alpha value is -1.27. The van der Waals surface area contributed by atoms with Gasteiger partial charge in [0.2, 0.25) is 10.0 Å². The van der Waals surface area contributed by atoms with Crippen LogP contribution in [0.1, 0.15) is 32.6 Å². The highest BCUT2D eigenvalue weighted by atomic mass is 32.2. The van der Waals surface area contributed by atoms with Crippen LogP contribution < -0.4 is 16.2 Å². The molecule has 2 aliphatic rings. The lowest BCUT2D eigenvalue weighted by molar-refractivity contribution is 0.304. The second-order valence-electron chi connectivity index (χ2n) is 6.57. The molecule has 0 amide bonds. The molecule has 4 atom stereocenters. The number of nitrogen functional groups attached to an aromatic ring is 1. The molecule has 1 aromatic carbocycles. The van der Waals surface area contributed by atoms with E-state index in [1.165, 1.54) is 37.8 Å². The Labute approximate surface area is 126 Å². The van der Waals surface area contributed by atoms with Gasteiger partial charge in [0.15, 0.2) is 0 Å². The first-order valence-electron chi connectivity index (χ1n) is 7.53.